The molecule has 0 aromatic heterocycles. The van der Waals surface area contributed by atoms with Crippen LogP contribution in [0.5, 0.6) is 0 Å². The number of nitrogens with zero attached hydrogens (tertiary/aromatic N) is 2. The first-order chi connectivity index (χ1) is 13.1. The second-order valence-corrected chi connectivity index (χ2v) is 7.71. The summed E-state index contributed by atoms with van der Waals surface area (Å²) in [5.41, 5.74) is 2.48. The molecule has 0 spiro atoms. The van der Waals surface area contributed by atoms with E-state index in [1.165, 1.54) is 0 Å². The van der Waals surface area contributed by atoms with Gasteiger partial charge in [0.15, 0.2) is 0 Å². The third kappa shape index (κ3) is 3.14. The van der Waals surface area contributed by atoms with Gasteiger partial charge < -0.3 is 9.80 Å². The molecule has 2 aromatic carbocycles. The number of fused-ring (bicyclic) bond motifs is 1. The van der Waals surface area contributed by atoms with Crippen LogP contribution in [0.15, 0.2) is 54.6 Å². The lowest BCUT2D eigenvalue weighted by Crippen LogP contribution is -2.41. The SMILES string of the molecule is CN1C(=O)[C@@](CCC(=O)N2CCCC2)(Cc2ccccc2)c2ccccc21. The highest BCUT2D eigenvalue weighted by Crippen LogP contribution is 2.46. The molecule has 2 aliphatic heterocycles. The van der Waals surface area contributed by atoms with Crippen LogP contribution < -0.4 is 4.90 Å². The van der Waals surface area contributed by atoms with Crippen LogP contribution in [0, 0.1) is 0 Å². The minimum Gasteiger partial charge on any atom is -0.343 e. The molecule has 0 N–H and O–H groups in total. The molecule has 27 heavy (non-hydrogen) atoms. The van der Waals surface area contributed by atoms with Gasteiger partial charge in [-0.1, -0.05) is 48.5 Å². The molecule has 1 saturated heterocycles. The van der Waals surface area contributed by atoms with E-state index < -0.39 is 5.41 Å². The van der Waals surface area contributed by atoms with E-state index in [2.05, 4.69) is 18.2 Å². The first kappa shape index (κ1) is 17.8. The van der Waals surface area contributed by atoms with Gasteiger partial charge in [-0.15, -0.1) is 0 Å². The van der Waals surface area contributed by atoms with E-state index >= 15 is 0 Å². The molecule has 2 aromatic rings. The molecule has 4 heteroatoms. The Morgan fingerprint density at radius 1 is 1.00 bits per heavy atom. The zero-order chi connectivity index (χ0) is 18.9. The number of hydrogen-bond acceptors (Lipinski definition) is 2. The predicted molar refractivity (Wildman–Crippen MR) is 107 cm³/mol. The van der Waals surface area contributed by atoms with Gasteiger partial charge in [0.05, 0.1) is 5.41 Å². The number of carbonyl (C=O) groups excluding carboxylic acids is 2. The minimum absolute atomic E-state index is 0.0989. The van der Waals surface area contributed by atoms with Crippen LogP contribution in [-0.2, 0) is 21.4 Å². The largest absolute Gasteiger partial charge is 0.343 e. The zero-order valence-electron chi connectivity index (χ0n) is 15.9. The van der Waals surface area contributed by atoms with Crippen LogP contribution in [-0.4, -0.2) is 36.9 Å². The maximum Gasteiger partial charge on any atom is 0.237 e. The molecule has 4 rings (SSSR count). The highest BCUT2D eigenvalue weighted by atomic mass is 16.2. The van der Waals surface area contributed by atoms with Gasteiger partial charge in [-0.05, 0) is 42.9 Å². The van der Waals surface area contributed by atoms with Crippen molar-refractivity contribution in [1.82, 2.24) is 4.90 Å². The molecule has 1 atom stereocenters. The van der Waals surface area contributed by atoms with Crippen LogP contribution in [0.2, 0.25) is 0 Å². The molecule has 0 aliphatic carbocycles. The minimum atomic E-state index is -0.665. The highest BCUT2D eigenvalue weighted by Gasteiger charge is 2.49. The van der Waals surface area contributed by atoms with Crippen LogP contribution in [0.1, 0.15) is 36.8 Å². The molecule has 140 valence electrons. The van der Waals surface area contributed by atoms with Gasteiger partial charge in [0.2, 0.25) is 11.8 Å². The number of carbonyl (C=O) groups is 2. The average Bonchev–Trinajstić information content (AvgIpc) is 3.31. The molecule has 0 bridgehead atoms. The Hall–Kier alpha value is -2.62. The standard InChI is InChI=1S/C23H26N2O2/c1-24-20-12-6-5-11-19(20)23(22(24)27,17-18-9-3-2-4-10-18)14-13-21(26)25-15-7-8-16-25/h2-6,9-12H,7-8,13-17H2,1H3/t23-/m0/s1. The van der Waals surface area contributed by atoms with Crippen molar-refractivity contribution in [1.29, 1.82) is 0 Å². The second-order valence-electron chi connectivity index (χ2n) is 7.71. The van der Waals surface area contributed by atoms with Crippen molar-refractivity contribution in [2.45, 2.75) is 37.5 Å². The molecule has 2 aliphatic rings. The van der Waals surface area contributed by atoms with Gasteiger partial charge in [-0.25, -0.2) is 0 Å². The first-order valence-corrected chi connectivity index (χ1v) is 9.81. The van der Waals surface area contributed by atoms with Crippen molar-refractivity contribution in [2.75, 3.05) is 25.0 Å². The second kappa shape index (κ2) is 7.18. The lowest BCUT2D eigenvalue weighted by Gasteiger charge is -2.29. The van der Waals surface area contributed by atoms with Gasteiger partial charge in [0, 0.05) is 32.2 Å². The van der Waals surface area contributed by atoms with Crippen LogP contribution >= 0.6 is 0 Å². The fourth-order valence-electron chi connectivity index (χ4n) is 4.61. The van der Waals surface area contributed by atoms with Gasteiger partial charge in [-0.3, -0.25) is 9.59 Å². The van der Waals surface area contributed by atoms with Crippen molar-refractivity contribution >= 4 is 17.5 Å². The van der Waals surface area contributed by atoms with Crippen LogP contribution in [0.3, 0.4) is 0 Å². The summed E-state index contributed by atoms with van der Waals surface area (Å²) in [4.78, 5) is 29.8. The average molecular weight is 362 g/mol. The van der Waals surface area contributed by atoms with Gasteiger partial charge >= 0.3 is 0 Å². The zero-order valence-corrected chi connectivity index (χ0v) is 15.9. The van der Waals surface area contributed by atoms with Crippen LogP contribution in [0.4, 0.5) is 5.69 Å². The number of likely N-dealkylation sites (N-methyl/N-ethyl adjacent to an activating group) is 1. The number of anilines is 1. The number of para-hydroxylation sites is 1. The molecule has 0 radical (unpaired) electrons. The van der Waals surface area contributed by atoms with E-state index in [0.29, 0.717) is 19.3 Å². The van der Waals surface area contributed by atoms with Gasteiger partial charge in [0.1, 0.15) is 0 Å². The van der Waals surface area contributed by atoms with E-state index in [0.717, 1.165) is 42.7 Å². The lowest BCUT2D eigenvalue weighted by molar-refractivity contribution is -0.131. The fraction of sp³-hybridized carbons (Fsp3) is 0.391. The smallest absolute Gasteiger partial charge is 0.237 e. The molecule has 4 nitrogen and oxygen atoms in total. The Kier molecular flexibility index (Phi) is 4.73. The van der Waals surface area contributed by atoms with E-state index in [4.69, 9.17) is 0 Å². The summed E-state index contributed by atoms with van der Waals surface area (Å²) < 4.78 is 0. The fourth-order valence-corrected chi connectivity index (χ4v) is 4.61. The molecular weight excluding hydrogens is 336 g/mol. The summed E-state index contributed by atoms with van der Waals surface area (Å²) in [6.45, 7) is 1.71. The number of hydrogen-bond donors (Lipinski definition) is 0. The number of benzene rings is 2. The van der Waals surface area contributed by atoms with Gasteiger partial charge in [-0.2, -0.15) is 0 Å². The summed E-state index contributed by atoms with van der Waals surface area (Å²) in [6, 6.07) is 18.2. The van der Waals surface area contributed by atoms with E-state index in [-0.39, 0.29) is 11.8 Å². The van der Waals surface area contributed by atoms with Gasteiger partial charge in [0.25, 0.3) is 0 Å². The summed E-state index contributed by atoms with van der Waals surface area (Å²) in [5, 5.41) is 0. The summed E-state index contributed by atoms with van der Waals surface area (Å²) in [5.74, 6) is 0.279. The van der Waals surface area contributed by atoms with Crippen LogP contribution in [0.25, 0.3) is 0 Å². The Labute approximate surface area is 160 Å². The maximum absolute atomic E-state index is 13.4. The van der Waals surface area contributed by atoms with Crippen molar-refractivity contribution in [3.05, 3.63) is 65.7 Å². The topological polar surface area (TPSA) is 40.6 Å². The molecule has 2 amide bonds. The van der Waals surface area contributed by atoms with E-state index in [1.54, 1.807) is 4.90 Å². The summed E-state index contributed by atoms with van der Waals surface area (Å²) in [6.07, 6.45) is 3.77. The molecule has 2 heterocycles. The molecule has 0 unspecified atom stereocenters. The van der Waals surface area contributed by atoms with Crippen molar-refractivity contribution in [3.63, 3.8) is 0 Å². The summed E-state index contributed by atoms with van der Waals surface area (Å²) >= 11 is 0. The molecular formula is C23H26N2O2. The third-order valence-electron chi connectivity index (χ3n) is 6.07. The first-order valence-electron chi connectivity index (χ1n) is 9.81. The predicted octanol–water partition coefficient (Wildman–Crippen LogP) is 3.55. The number of rotatable bonds is 5. The molecule has 0 saturated carbocycles. The van der Waals surface area contributed by atoms with Crippen molar-refractivity contribution < 1.29 is 9.59 Å². The van der Waals surface area contributed by atoms with Crippen molar-refractivity contribution in [3.8, 4) is 0 Å². The Morgan fingerprint density at radius 3 is 2.41 bits per heavy atom. The highest BCUT2D eigenvalue weighted by molar-refractivity contribution is 6.08. The lowest BCUT2D eigenvalue weighted by atomic mass is 9.73. The Bertz CT molecular complexity index is 842. The number of likely N-dealkylation sites (tertiary alicyclic amines) is 1. The molecule has 1 fully saturated rings. The normalized spacial score (nSPS) is 21.6. The maximum atomic E-state index is 13.4. The van der Waals surface area contributed by atoms with E-state index in [1.807, 2.05) is 48.3 Å². The Balaban J connectivity index is 1.67. The Morgan fingerprint density at radius 2 is 1.67 bits per heavy atom. The van der Waals surface area contributed by atoms with Crippen molar-refractivity contribution in [2.24, 2.45) is 0 Å². The third-order valence-corrected chi connectivity index (χ3v) is 6.07. The monoisotopic (exact) mass is 362 g/mol. The summed E-state index contributed by atoms with van der Waals surface area (Å²) in [7, 11) is 1.84. The number of amides is 2. The quantitative estimate of drug-likeness (QED) is 0.816. The van der Waals surface area contributed by atoms with E-state index in [9.17, 15) is 9.59 Å².